The van der Waals surface area contributed by atoms with E-state index in [1.54, 1.807) is 6.20 Å². The summed E-state index contributed by atoms with van der Waals surface area (Å²) in [5.41, 5.74) is 0. The number of hydrogen-bond acceptors (Lipinski definition) is 3. The molecule has 1 aromatic heterocycles. The summed E-state index contributed by atoms with van der Waals surface area (Å²) in [5.74, 6) is 2.34. The number of aromatic nitrogens is 3. The number of halogens is 1. The van der Waals surface area contributed by atoms with Crippen LogP contribution < -0.4 is 5.32 Å². The van der Waals surface area contributed by atoms with Gasteiger partial charge in [0.2, 0.25) is 0 Å². The van der Waals surface area contributed by atoms with Crippen molar-refractivity contribution in [2.24, 2.45) is 5.92 Å². The number of rotatable bonds is 4. The predicted octanol–water partition coefficient (Wildman–Crippen LogP) is 2.12. The Bertz CT molecular complexity index is 312. The first-order valence-corrected chi connectivity index (χ1v) is 6.09. The van der Waals surface area contributed by atoms with E-state index in [9.17, 15) is 0 Å². The van der Waals surface area contributed by atoms with Crippen molar-refractivity contribution in [2.45, 2.75) is 38.8 Å². The Morgan fingerprint density at radius 2 is 2.47 bits per heavy atom. The van der Waals surface area contributed by atoms with E-state index in [0.29, 0.717) is 12.0 Å². The van der Waals surface area contributed by atoms with Crippen LogP contribution in [-0.2, 0) is 6.54 Å². The number of anilines is 1. The smallest absolute Gasteiger partial charge is 0.145 e. The van der Waals surface area contributed by atoms with Crippen LogP contribution in [0.1, 0.15) is 26.2 Å². The van der Waals surface area contributed by atoms with Gasteiger partial charge in [-0.1, -0.05) is 11.6 Å². The van der Waals surface area contributed by atoms with Gasteiger partial charge in [-0.05, 0) is 25.7 Å². The Hall–Kier alpha value is -0.770. The van der Waals surface area contributed by atoms with Crippen LogP contribution >= 0.6 is 11.6 Å². The number of nitrogens with zero attached hydrogens (tertiary/aromatic N) is 3. The van der Waals surface area contributed by atoms with E-state index in [1.165, 1.54) is 19.3 Å². The van der Waals surface area contributed by atoms with Crippen molar-refractivity contribution in [3.8, 4) is 0 Å². The van der Waals surface area contributed by atoms with Gasteiger partial charge in [-0.2, -0.15) is 0 Å². The molecule has 1 N–H and O–H groups in total. The number of hydrogen-bond donors (Lipinski definition) is 1. The van der Waals surface area contributed by atoms with Gasteiger partial charge in [0.15, 0.2) is 0 Å². The molecule has 1 fully saturated rings. The lowest BCUT2D eigenvalue weighted by Crippen LogP contribution is -2.26. The van der Waals surface area contributed by atoms with Gasteiger partial charge >= 0.3 is 0 Å². The average Bonchev–Trinajstić information content (AvgIpc) is 2.87. The van der Waals surface area contributed by atoms with Crippen molar-refractivity contribution in [3.05, 3.63) is 6.20 Å². The molecule has 0 aliphatic heterocycles. The molecule has 0 saturated heterocycles. The van der Waals surface area contributed by atoms with Crippen LogP contribution in [-0.4, -0.2) is 26.9 Å². The minimum Gasteiger partial charge on any atom is -0.366 e. The van der Waals surface area contributed by atoms with Gasteiger partial charge in [0, 0.05) is 18.5 Å². The summed E-state index contributed by atoms with van der Waals surface area (Å²) in [5, 5.41) is 11.4. The maximum absolute atomic E-state index is 5.94. The molecule has 15 heavy (non-hydrogen) atoms. The van der Waals surface area contributed by atoms with E-state index in [4.69, 9.17) is 11.6 Å². The van der Waals surface area contributed by atoms with E-state index in [1.807, 2.05) is 4.68 Å². The molecular weight excluding hydrogens is 212 g/mol. The molecule has 1 aliphatic rings. The second-order valence-electron chi connectivity index (χ2n) is 4.03. The van der Waals surface area contributed by atoms with Gasteiger partial charge in [-0.3, -0.25) is 0 Å². The standard InChI is InChI=1S/C10H17ClN4/c1-2-15-10(7-12-14-15)13-9-5-3-4-8(9)6-11/h7-9,13H,2-6H2,1H3. The normalized spacial score (nSPS) is 25.7. The fourth-order valence-corrected chi connectivity index (χ4v) is 2.57. The largest absolute Gasteiger partial charge is 0.366 e. The zero-order valence-electron chi connectivity index (χ0n) is 8.99. The van der Waals surface area contributed by atoms with E-state index >= 15 is 0 Å². The monoisotopic (exact) mass is 228 g/mol. The van der Waals surface area contributed by atoms with E-state index in [2.05, 4.69) is 22.6 Å². The third kappa shape index (κ3) is 2.25. The van der Waals surface area contributed by atoms with E-state index in [0.717, 1.165) is 18.2 Å². The predicted molar refractivity (Wildman–Crippen MR) is 61.2 cm³/mol. The Labute approximate surface area is 95.0 Å². The lowest BCUT2D eigenvalue weighted by Gasteiger charge is -2.19. The second-order valence-corrected chi connectivity index (χ2v) is 4.34. The first-order chi connectivity index (χ1) is 7.35. The van der Waals surface area contributed by atoms with E-state index < -0.39 is 0 Å². The first kappa shape index (κ1) is 10.7. The van der Waals surface area contributed by atoms with Crippen LogP contribution in [0.2, 0.25) is 0 Å². The Balaban J connectivity index is 2.01. The molecule has 5 heteroatoms. The fourth-order valence-electron chi connectivity index (χ4n) is 2.20. The highest BCUT2D eigenvalue weighted by molar-refractivity contribution is 6.18. The molecule has 0 radical (unpaired) electrons. The summed E-state index contributed by atoms with van der Waals surface area (Å²) in [6.07, 6.45) is 5.48. The molecule has 0 spiro atoms. The summed E-state index contributed by atoms with van der Waals surface area (Å²) in [6.45, 7) is 2.91. The summed E-state index contributed by atoms with van der Waals surface area (Å²) in [4.78, 5) is 0. The first-order valence-electron chi connectivity index (χ1n) is 5.56. The molecule has 0 bridgehead atoms. The van der Waals surface area contributed by atoms with Crippen LogP contribution in [0.15, 0.2) is 6.20 Å². The van der Waals surface area contributed by atoms with Gasteiger partial charge in [0.1, 0.15) is 5.82 Å². The Morgan fingerprint density at radius 1 is 1.60 bits per heavy atom. The van der Waals surface area contributed by atoms with Gasteiger partial charge in [-0.15, -0.1) is 16.7 Å². The van der Waals surface area contributed by atoms with Gasteiger partial charge in [0.05, 0.1) is 6.20 Å². The molecule has 1 aromatic rings. The average molecular weight is 229 g/mol. The van der Waals surface area contributed by atoms with Crippen LogP contribution in [0.3, 0.4) is 0 Å². The van der Waals surface area contributed by atoms with Gasteiger partial charge < -0.3 is 5.32 Å². The molecule has 2 unspecified atom stereocenters. The van der Waals surface area contributed by atoms with Crippen LogP contribution in [0, 0.1) is 5.92 Å². The molecule has 4 nitrogen and oxygen atoms in total. The number of nitrogens with one attached hydrogen (secondary N) is 1. The SMILES string of the molecule is CCn1nncc1NC1CCCC1CCl. The van der Waals surface area contributed by atoms with Crippen LogP contribution in [0.25, 0.3) is 0 Å². The zero-order valence-corrected chi connectivity index (χ0v) is 9.74. The minimum atomic E-state index is 0.492. The quantitative estimate of drug-likeness (QED) is 0.803. The Morgan fingerprint density at radius 3 is 3.20 bits per heavy atom. The highest BCUT2D eigenvalue weighted by Gasteiger charge is 2.26. The second kappa shape index (κ2) is 4.84. The third-order valence-electron chi connectivity index (χ3n) is 3.11. The van der Waals surface area contributed by atoms with Crippen molar-refractivity contribution in [2.75, 3.05) is 11.2 Å². The number of alkyl halides is 1. The molecule has 1 aliphatic carbocycles. The van der Waals surface area contributed by atoms with Crippen molar-refractivity contribution >= 4 is 17.4 Å². The lowest BCUT2D eigenvalue weighted by molar-refractivity contribution is 0.550. The van der Waals surface area contributed by atoms with Gasteiger partial charge in [0.25, 0.3) is 0 Å². The molecular formula is C10H17ClN4. The molecule has 1 saturated carbocycles. The van der Waals surface area contributed by atoms with Crippen LogP contribution in [0.4, 0.5) is 5.82 Å². The lowest BCUT2D eigenvalue weighted by atomic mass is 10.1. The summed E-state index contributed by atoms with van der Waals surface area (Å²) in [6, 6.07) is 0.492. The molecule has 0 aromatic carbocycles. The highest BCUT2D eigenvalue weighted by Crippen LogP contribution is 2.29. The maximum Gasteiger partial charge on any atom is 0.145 e. The van der Waals surface area contributed by atoms with Crippen molar-refractivity contribution in [1.29, 1.82) is 0 Å². The summed E-state index contributed by atoms with van der Waals surface area (Å²) in [7, 11) is 0. The maximum atomic E-state index is 5.94. The topological polar surface area (TPSA) is 42.7 Å². The fraction of sp³-hybridized carbons (Fsp3) is 0.800. The molecule has 2 rings (SSSR count). The molecule has 1 heterocycles. The van der Waals surface area contributed by atoms with Crippen molar-refractivity contribution in [1.82, 2.24) is 15.0 Å². The molecule has 0 amide bonds. The number of aryl methyl sites for hydroxylation is 1. The highest BCUT2D eigenvalue weighted by atomic mass is 35.5. The van der Waals surface area contributed by atoms with Gasteiger partial charge in [-0.25, -0.2) is 4.68 Å². The summed E-state index contributed by atoms with van der Waals surface area (Å²) < 4.78 is 1.88. The van der Waals surface area contributed by atoms with E-state index in [-0.39, 0.29) is 0 Å². The third-order valence-corrected chi connectivity index (χ3v) is 3.50. The molecule has 84 valence electrons. The van der Waals surface area contributed by atoms with Crippen LogP contribution in [0.5, 0.6) is 0 Å². The van der Waals surface area contributed by atoms with Crippen molar-refractivity contribution < 1.29 is 0 Å². The Kier molecular flexibility index (Phi) is 3.46. The van der Waals surface area contributed by atoms with Crippen molar-refractivity contribution in [3.63, 3.8) is 0 Å². The zero-order chi connectivity index (χ0) is 10.7. The molecule has 2 atom stereocenters. The minimum absolute atomic E-state index is 0.492. The summed E-state index contributed by atoms with van der Waals surface area (Å²) >= 11 is 5.94.